The highest BCUT2D eigenvalue weighted by molar-refractivity contribution is 7.11. The van der Waals surface area contributed by atoms with Crippen LogP contribution < -0.4 is 0 Å². The first kappa shape index (κ1) is 17.4. The molecule has 132 valence electrons. The molecule has 1 atom stereocenters. The molecule has 1 aliphatic heterocycles. The molecule has 0 N–H and O–H groups in total. The van der Waals surface area contributed by atoms with Crippen LogP contribution in [0.2, 0.25) is 0 Å². The van der Waals surface area contributed by atoms with Gasteiger partial charge in [0.2, 0.25) is 5.91 Å². The molecule has 1 saturated carbocycles. The van der Waals surface area contributed by atoms with Crippen LogP contribution in [0.15, 0.2) is 5.51 Å². The van der Waals surface area contributed by atoms with E-state index in [2.05, 4.69) is 9.88 Å². The lowest BCUT2D eigenvalue weighted by Gasteiger charge is -2.41. The van der Waals surface area contributed by atoms with E-state index in [4.69, 9.17) is 0 Å². The van der Waals surface area contributed by atoms with Crippen LogP contribution in [0.3, 0.4) is 0 Å². The molecule has 3 rings (SSSR count). The maximum absolute atomic E-state index is 13.0. The molecule has 1 aromatic heterocycles. The second-order valence-electron chi connectivity index (χ2n) is 7.13. The van der Waals surface area contributed by atoms with Crippen molar-refractivity contribution >= 4 is 23.2 Å². The molecule has 0 aromatic carbocycles. The van der Waals surface area contributed by atoms with Crippen molar-refractivity contribution in [2.24, 2.45) is 0 Å². The smallest absolute Gasteiger partial charge is 0.266 e. The summed E-state index contributed by atoms with van der Waals surface area (Å²) in [7, 11) is 0. The van der Waals surface area contributed by atoms with Crippen LogP contribution in [0.4, 0.5) is 0 Å². The SMILES string of the molecule is CCN(C(=O)c1scnc1C)[C@H]1CN(C(C)=O)C2(CCCCC2)C1. The van der Waals surface area contributed by atoms with Crippen LogP contribution in [0, 0.1) is 6.92 Å². The van der Waals surface area contributed by atoms with Crippen molar-refractivity contribution in [2.75, 3.05) is 13.1 Å². The van der Waals surface area contributed by atoms with E-state index in [1.807, 2.05) is 18.7 Å². The van der Waals surface area contributed by atoms with Gasteiger partial charge in [-0.2, -0.15) is 0 Å². The van der Waals surface area contributed by atoms with E-state index in [9.17, 15) is 9.59 Å². The summed E-state index contributed by atoms with van der Waals surface area (Å²) in [6.45, 7) is 6.93. The Bertz CT molecular complexity index is 622. The number of hydrogen-bond donors (Lipinski definition) is 0. The molecule has 24 heavy (non-hydrogen) atoms. The third kappa shape index (κ3) is 2.96. The van der Waals surface area contributed by atoms with Crippen molar-refractivity contribution in [3.63, 3.8) is 0 Å². The zero-order chi connectivity index (χ0) is 17.3. The van der Waals surface area contributed by atoms with Crippen LogP contribution in [-0.4, -0.2) is 51.3 Å². The molecule has 1 aliphatic carbocycles. The Hall–Kier alpha value is -1.43. The molecule has 2 fully saturated rings. The van der Waals surface area contributed by atoms with E-state index in [0.29, 0.717) is 13.1 Å². The molecule has 6 heteroatoms. The lowest BCUT2D eigenvalue weighted by Crippen LogP contribution is -2.47. The predicted molar refractivity (Wildman–Crippen MR) is 95.2 cm³/mol. The summed E-state index contributed by atoms with van der Waals surface area (Å²) < 4.78 is 0. The average Bonchev–Trinajstić information content (AvgIpc) is 3.13. The minimum Gasteiger partial charge on any atom is -0.335 e. The Morgan fingerprint density at radius 1 is 1.38 bits per heavy atom. The number of likely N-dealkylation sites (N-methyl/N-ethyl adjacent to an activating group) is 1. The second-order valence-corrected chi connectivity index (χ2v) is 7.99. The number of thiazole rings is 1. The van der Waals surface area contributed by atoms with E-state index >= 15 is 0 Å². The molecule has 0 unspecified atom stereocenters. The van der Waals surface area contributed by atoms with Crippen molar-refractivity contribution in [2.45, 2.75) is 70.9 Å². The number of amides is 2. The number of aryl methyl sites for hydroxylation is 1. The lowest BCUT2D eigenvalue weighted by atomic mass is 9.79. The van der Waals surface area contributed by atoms with Gasteiger partial charge in [-0.15, -0.1) is 11.3 Å². The summed E-state index contributed by atoms with van der Waals surface area (Å²) in [6.07, 6.45) is 6.70. The molecule has 1 aromatic rings. The molecule has 0 bridgehead atoms. The zero-order valence-corrected chi connectivity index (χ0v) is 15.7. The molecule has 2 amide bonds. The van der Waals surface area contributed by atoms with Gasteiger partial charge >= 0.3 is 0 Å². The van der Waals surface area contributed by atoms with E-state index in [0.717, 1.165) is 29.8 Å². The predicted octanol–water partition coefficient (Wildman–Crippen LogP) is 3.24. The number of carbonyl (C=O) groups is 2. The fourth-order valence-electron chi connectivity index (χ4n) is 4.58. The first-order chi connectivity index (χ1) is 11.5. The molecule has 2 heterocycles. The van der Waals surface area contributed by atoms with Gasteiger partial charge in [-0.25, -0.2) is 4.98 Å². The fourth-order valence-corrected chi connectivity index (χ4v) is 5.34. The third-order valence-electron chi connectivity index (χ3n) is 5.73. The number of hydrogen-bond acceptors (Lipinski definition) is 4. The van der Waals surface area contributed by atoms with Crippen molar-refractivity contribution in [1.82, 2.24) is 14.8 Å². The molecular formula is C18H27N3O2S. The van der Waals surface area contributed by atoms with E-state index < -0.39 is 0 Å². The van der Waals surface area contributed by atoms with Crippen LogP contribution in [0.5, 0.6) is 0 Å². The van der Waals surface area contributed by atoms with Gasteiger partial charge < -0.3 is 9.80 Å². The van der Waals surface area contributed by atoms with Gasteiger partial charge in [0.25, 0.3) is 5.91 Å². The monoisotopic (exact) mass is 349 g/mol. The van der Waals surface area contributed by atoms with Crippen molar-refractivity contribution in [3.8, 4) is 0 Å². The summed E-state index contributed by atoms with van der Waals surface area (Å²) in [5, 5.41) is 0. The Morgan fingerprint density at radius 2 is 2.08 bits per heavy atom. The molecule has 2 aliphatic rings. The Labute approximate surface area is 148 Å². The molecule has 0 radical (unpaired) electrons. The summed E-state index contributed by atoms with van der Waals surface area (Å²) >= 11 is 1.41. The van der Waals surface area contributed by atoms with Crippen LogP contribution in [-0.2, 0) is 4.79 Å². The fraction of sp³-hybridized carbons (Fsp3) is 0.722. The maximum atomic E-state index is 13.0. The van der Waals surface area contributed by atoms with Crippen LogP contribution in [0.25, 0.3) is 0 Å². The van der Waals surface area contributed by atoms with E-state index in [1.54, 1.807) is 12.4 Å². The first-order valence-electron chi connectivity index (χ1n) is 8.98. The normalized spacial score (nSPS) is 22.8. The summed E-state index contributed by atoms with van der Waals surface area (Å²) in [6, 6.07) is 0.117. The average molecular weight is 350 g/mol. The maximum Gasteiger partial charge on any atom is 0.266 e. The molecule has 5 nitrogen and oxygen atoms in total. The standard InChI is InChI=1S/C18H27N3O2S/c1-4-20(17(23)16-13(2)19-12-24-16)15-10-18(8-6-5-7-9-18)21(11-15)14(3)22/h12,15H,4-11H2,1-3H3/t15-/m1/s1. The summed E-state index contributed by atoms with van der Waals surface area (Å²) in [5.41, 5.74) is 2.51. The quantitative estimate of drug-likeness (QED) is 0.842. The topological polar surface area (TPSA) is 53.5 Å². The van der Waals surface area contributed by atoms with Gasteiger partial charge in [-0.05, 0) is 33.1 Å². The Morgan fingerprint density at radius 3 is 2.62 bits per heavy atom. The van der Waals surface area contributed by atoms with E-state index in [-0.39, 0.29) is 23.4 Å². The van der Waals surface area contributed by atoms with Crippen LogP contribution >= 0.6 is 11.3 Å². The van der Waals surface area contributed by atoms with Gasteiger partial charge in [0.1, 0.15) is 4.88 Å². The minimum absolute atomic E-state index is 0.0226. The van der Waals surface area contributed by atoms with Crippen molar-refractivity contribution < 1.29 is 9.59 Å². The van der Waals surface area contributed by atoms with Gasteiger partial charge in [-0.3, -0.25) is 9.59 Å². The minimum atomic E-state index is -0.0226. The van der Waals surface area contributed by atoms with Crippen molar-refractivity contribution in [3.05, 3.63) is 16.1 Å². The highest BCUT2D eigenvalue weighted by atomic mass is 32.1. The van der Waals surface area contributed by atoms with Crippen LogP contribution in [0.1, 0.15) is 67.7 Å². The number of carbonyl (C=O) groups excluding carboxylic acids is 2. The molecule has 1 spiro atoms. The van der Waals surface area contributed by atoms with Gasteiger partial charge in [0.15, 0.2) is 0 Å². The Kier molecular flexibility index (Phi) is 4.95. The summed E-state index contributed by atoms with van der Waals surface area (Å²) in [5.74, 6) is 0.218. The number of rotatable bonds is 3. The Balaban J connectivity index is 1.84. The largest absolute Gasteiger partial charge is 0.335 e. The molecular weight excluding hydrogens is 322 g/mol. The van der Waals surface area contributed by atoms with Gasteiger partial charge in [0.05, 0.1) is 17.2 Å². The van der Waals surface area contributed by atoms with E-state index in [1.165, 1.54) is 30.6 Å². The number of nitrogens with zero attached hydrogens (tertiary/aromatic N) is 3. The third-order valence-corrected chi connectivity index (χ3v) is 6.64. The highest BCUT2D eigenvalue weighted by Gasteiger charge is 2.49. The molecule has 1 saturated heterocycles. The second kappa shape index (κ2) is 6.82. The number of aromatic nitrogens is 1. The zero-order valence-electron chi connectivity index (χ0n) is 14.9. The summed E-state index contributed by atoms with van der Waals surface area (Å²) in [4.78, 5) is 34.2. The van der Waals surface area contributed by atoms with Gasteiger partial charge in [-0.1, -0.05) is 19.3 Å². The first-order valence-corrected chi connectivity index (χ1v) is 9.86. The van der Waals surface area contributed by atoms with Gasteiger partial charge in [0, 0.05) is 25.6 Å². The number of likely N-dealkylation sites (tertiary alicyclic amines) is 1. The lowest BCUT2D eigenvalue weighted by molar-refractivity contribution is -0.134. The highest BCUT2D eigenvalue weighted by Crippen LogP contribution is 2.43. The van der Waals surface area contributed by atoms with Crippen molar-refractivity contribution in [1.29, 1.82) is 0 Å².